The minimum Gasteiger partial charge on any atom is -0.384 e. The van der Waals surface area contributed by atoms with Crippen LogP contribution in [0.3, 0.4) is 0 Å². The molecule has 0 spiro atoms. The van der Waals surface area contributed by atoms with E-state index in [9.17, 15) is 0 Å². The van der Waals surface area contributed by atoms with Crippen LogP contribution in [0.2, 0.25) is 0 Å². The number of halogens is 2. The van der Waals surface area contributed by atoms with Gasteiger partial charge in [-0.05, 0) is 24.3 Å². The van der Waals surface area contributed by atoms with Crippen molar-refractivity contribution >= 4 is 39.0 Å². The van der Waals surface area contributed by atoms with E-state index in [0.717, 1.165) is 15.7 Å². The lowest BCUT2D eigenvalue weighted by Gasteiger charge is -2.07. The van der Waals surface area contributed by atoms with Crippen molar-refractivity contribution in [3.63, 3.8) is 0 Å². The van der Waals surface area contributed by atoms with E-state index >= 15 is 0 Å². The summed E-state index contributed by atoms with van der Waals surface area (Å²) in [4.78, 5) is 4.35. The zero-order valence-corrected chi connectivity index (χ0v) is 13.2. The first kappa shape index (κ1) is 14.0. The van der Waals surface area contributed by atoms with Crippen LogP contribution in [0.25, 0.3) is 16.9 Å². The highest BCUT2D eigenvalue weighted by Gasteiger charge is 2.14. The van der Waals surface area contributed by atoms with Crippen LogP contribution in [0, 0.1) is 5.41 Å². The number of fused-ring (bicyclic) bond motifs is 1. The number of pyridine rings is 1. The third-order valence-corrected chi connectivity index (χ3v) is 3.79. The van der Waals surface area contributed by atoms with E-state index in [1.165, 1.54) is 0 Å². The summed E-state index contributed by atoms with van der Waals surface area (Å²) in [6.45, 7) is 0. The Balaban J connectivity index is 2.32. The predicted octanol–water partition coefficient (Wildman–Crippen LogP) is 3.18. The van der Waals surface area contributed by atoms with E-state index in [1.807, 2.05) is 30.3 Å². The van der Waals surface area contributed by atoms with Gasteiger partial charge in [-0.1, -0.05) is 28.1 Å². The number of amidine groups is 1. The Hall–Kier alpha value is -1.92. The molecule has 0 bridgehead atoms. The first-order chi connectivity index (χ1) is 10.1. The highest BCUT2D eigenvalue weighted by atomic mass is 79.9. The smallest absolute Gasteiger partial charge is 0.167 e. The molecule has 1 aromatic carbocycles. The topological polar surface area (TPSA) is 80.1 Å². The molecule has 0 radical (unpaired) electrons. The molecule has 106 valence electrons. The SMILES string of the molecule is N=C(N)c1ccc(-c2cccc(Br)c2)n2nc(CCl)nc12. The Labute approximate surface area is 134 Å². The average molecular weight is 365 g/mol. The predicted molar refractivity (Wildman–Crippen MR) is 86.7 cm³/mol. The lowest BCUT2D eigenvalue weighted by atomic mass is 10.1. The second-order valence-corrected chi connectivity index (χ2v) is 5.64. The molecule has 0 unspecified atom stereocenters. The molecule has 5 nitrogen and oxygen atoms in total. The summed E-state index contributed by atoms with van der Waals surface area (Å²) < 4.78 is 2.65. The Morgan fingerprint density at radius 1 is 1.33 bits per heavy atom. The fourth-order valence-electron chi connectivity index (χ4n) is 2.14. The van der Waals surface area contributed by atoms with Gasteiger partial charge in [0.15, 0.2) is 11.5 Å². The van der Waals surface area contributed by atoms with Gasteiger partial charge >= 0.3 is 0 Å². The molecule has 2 aromatic heterocycles. The highest BCUT2D eigenvalue weighted by Crippen LogP contribution is 2.25. The van der Waals surface area contributed by atoms with Crippen molar-refractivity contribution in [2.45, 2.75) is 5.88 Å². The molecule has 0 saturated carbocycles. The van der Waals surface area contributed by atoms with Crippen molar-refractivity contribution in [2.24, 2.45) is 5.73 Å². The fourth-order valence-corrected chi connectivity index (χ4v) is 2.65. The second-order valence-electron chi connectivity index (χ2n) is 4.45. The average Bonchev–Trinajstić information content (AvgIpc) is 2.89. The first-order valence-electron chi connectivity index (χ1n) is 6.15. The van der Waals surface area contributed by atoms with Crippen LogP contribution in [0.4, 0.5) is 0 Å². The van der Waals surface area contributed by atoms with Gasteiger partial charge in [0.05, 0.1) is 17.1 Å². The van der Waals surface area contributed by atoms with Gasteiger partial charge in [-0.25, -0.2) is 9.50 Å². The third-order valence-electron chi connectivity index (χ3n) is 3.06. The van der Waals surface area contributed by atoms with Crippen LogP contribution in [-0.2, 0) is 5.88 Å². The molecule has 3 rings (SSSR count). The van der Waals surface area contributed by atoms with E-state index in [2.05, 4.69) is 26.0 Å². The first-order valence-corrected chi connectivity index (χ1v) is 7.48. The van der Waals surface area contributed by atoms with Crippen LogP contribution in [-0.4, -0.2) is 20.4 Å². The summed E-state index contributed by atoms with van der Waals surface area (Å²) in [5.74, 6) is 0.660. The molecular formula is C14H11BrClN5. The summed E-state index contributed by atoms with van der Waals surface area (Å²) in [6.07, 6.45) is 0. The van der Waals surface area contributed by atoms with Crippen LogP contribution in [0.5, 0.6) is 0 Å². The molecule has 21 heavy (non-hydrogen) atoms. The van der Waals surface area contributed by atoms with Gasteiger partial charge in [-0.15, -0.1) is 16.7 Å². The van der Waals surface area contributed by atoms with E-state index in [0.29, 0.717) is 17.0 Å². The number of aromatic nitrogens is 3. The Bertz CT molecular complexity index is 842. The number of alkyl halides is 1. The molecule has 0 aliphatic rings. The number of benzene rings is 1. The van der Waals surface area contributed by atoms with E-state index < -0.39 is 0 Å². The number of nitrogen functional groups attached to an aromatic ring is 1. The number of hydrogen-bond donors (Lipinski definition) is 2. The Morgan fingerprint density at radius 2 is 2.14 bits per heavy atom. The summed E-state index contributed by atoms with van der Waals surface area (Å²) in [5.41, 5.74) is 8.53. The molecule has 0 aliphatic carbocycles. The van der Waals surface area contributed by atoms with Gasteiger partial charge in [0.25, 0.3) is 0 Å². The minimum absolute atomic E-state index is 0.0469. The van der Waals surface area contributed by atoms with Gasteiger partial charge in [-0.2, -0.15) is 0 Å². The minimum atomic E-state index is -0.0469. The van der Waals surface area contributed by atoms with Crippen LogP contribution in [0.15, 0.2) is 40.9 Å². The Morgan fingerprint density at radius 3 is 2.81 bits per heavy atom. The Kier molecular flexibility index (Phi) is 3.65. The molecule has 0 fully saturated rings. The van der Waals surface area contributed by atoms with Gasteiger partial charge < -0.3 is 5.73 Å². The number of nitrogens with zero attached hydrogens (tertiary/aromatic N) is 3. The molecule has 7 heteroatoms. The quantitative estimate of drug-likeness (QED) is 0.425. The molecule has 3 N–H and O–H groups in total. The van der Waals surface area contributed by atoms with Crippen molar-refractivity contribution < 1.29 is 0 Å². The van der Waals surface area contributed by atoms with Crippen molar-refractivity contribution in [3.05, 3.63) is 52.3 Å². The lowest BCUT2D eigenvalue weighted by molar-refractivity contribution is 0.929. The number of nitrogens with two attached hydrogens (primary N) is 1. The van der Waals surface area contributed by atoms with E-state index in [-0.39, 0.29) is 11.7 Å². The van der Waals surface area contributed by atoms with Crippen molar-refractivity contribution in [2.75, 3.05) is 0 Å². The molecule has 3 aromatic rings. The summed E-state index contributed by atoms with van der Waals surface area (Å²) in [5, 5.41) is 12.0. The van der Waals surface area contributed by atoms with E-state index in [1.54, 1.807) is 10.6 Å². The molecule has 0 aliphatic heterocycles. The molecule has 2 heterocycles. The maximum absolute atomic E-state index is 7.65. The number of nitrogens with one attached hydrogen (secondary N) is 1. The van der Waals surface area contributed by atoms with Crippen LogP contribution in [0.1, 0.15) is 11.4 Å². The molecule has 0 amide bonds. The van der Waals surface area contributed by atoms with Crippen molar-refractivity contribution in [1.29, 1.82) is 5.41 Å². The highest BCUT2D eigenvalue weighted by molar-refractivity contribution is 9.10. The van der Waals surface area contributed by atoms with Crippen molar-refractivity contribution in [3.8, 4) is 11.3 Å². The largest absolute Gasteiger partial charge is 0.384 e. The van der Waals surface area contributed by atoms with Crippen LogP contribution >= 0.6 is 27.5 Å². The normalized spacial score (nSPS) is 11.0. The number of rotatable bonds is 3. The zero-order chi connectivity index (χ0) is 15.0. The van der Waals surface area contributed by atoms with Gasteiger partial charge in [0.2, 0.25) is 0 Å². The fraction of sp³-hybridized carbons (Fsp3) is 0.0714. The van der Waals surface area contributed by atoms with Crippen LogP contribution < -0.4 is 5.73 Å². The van der Waals surface area contributed by atoms with Gasteiger partial charge in [0, 0.05) is 10.0 Å². The van der Waals surface area contributed by atoms with E-state index in [4.69, 9.17) is 22.7 Å². The standard InChI is InChI=1S/C14H11BrClN5/c15-9-3-1-2-8(6-9)11-5-4-10(13(17)18)14-19-12(7-16)20-21(11)14/h1-6H,7H2,(H3,17,18). The van der Waals surface area contributed by atoms with Gasteiger partial charge in [-0.3, -0.25) is 5.41 Å². The van der Waals surface area contributed by atoms with Gasteiger partial charge in [0.1, 0.15) is 5.84 Å². The maximum atomic E-state index is 7.65. The molecule has 0 saturated heterocycles. The maximum Gasteiger partial charge on any atom is 0.167 e. The molecular weight excluding hydrogens is 354 g/mol. The summed E-state index contributed by atoms with van der Waals surface area (Å²) in [6, 6.07) is 11.5. The summed E-state index contributed by atoms with van der Waals surface area (Å²) in [7, 11) is 0. The molecule has 0 atom stereocenters. The lowest BCUT2D eigenvalue weighted by Crippen LogP contribution is -2.13. The third kappa shape index (κ3) is 2.52. The monoisotopic (exact) mass is 363 g/mol. The summed E-state index contributed by atoms with van der Waals surface area (Å²) >= 11 is 9.28. The van der Waals surface area contributed by atoms with Crippen molar-refractivity contribution in [1.82, 2.24) is 14.6 Å². The second kappa shape index (κ2) is 5.46. The number of hydrogen-bond acceptors (Lipinski definition) is 3. The zero-order valence-electron chi connectivity index (χ0n) is 10.8.